The zero-order chi connectivity index (χ0) is 15.1. The Kier molecular flexibility index (Phi) is 3.66. The topological polar surface area (TPSA) is 49.4 Å². The lowest BCUT2D eigenvalue weighted by Gasteiger charge is -2.36. The molecule has 2 saturated heterocycles. The number of hydrogen-bond donors (Lipinski definition) is 1. The first-order valence-corrected chi connectivity index (χ1v) is 7.72. The highest BCUT2D eigenvalue weighted by atomic mass is 35.5. The van der Waals surface area contributed by atoms with Crippen molar-refractivity contribution in [3.05, 3.63) is 33.8 Å². The molecule has 0 unspecified atom stereocenters. The molecule has 0 bridgehead atoms. The van der Waals surface area contributed by atoms with Crippen molar-refractivity contribution in [2.75, 3.05) is 13.1 Å². The van der Waals surface area contributed by atoms with Crippen LogP contribution in [0, 0.1) is 19.8 Å². The van der Waals surface area contributed by atoms with E-state index in [0.717, 1.165) is 30.5 Å². The number of rotatable bonds is 1. The van der Waals surface area contributed by atoms with E-state index in [1.54, 1.807) is 0 Å². The minimum atomic E-state index is -0.0450. The second-order valence-electron chi connectivity index (χ2n) is 5.98. The van der Waals surface area contributed by atoms with Gasteiger partial charge in [-0.25, -0.2) is 0 Å². The van der Waals surface area contributed by atoms with Gasteiger partial charge >= 0.3 is 0 Å². The van der Waals surface area contributed by atoms with Gasteiger partial charge in [-0.2, -0.15) is 0 Å². The SMILES string of the molecule is Cc1cc(C(=O)N2CCC[C@H]3C(=O)NC[C@H]32)c(C)cc1Cl. The third kappa shape index (κ3) is 2.42. The summed E-state index contributed by atoms with van der Waals surface area (Å²) in [5.41, 5.74) is 2.48. The second kappa shape index (κ2) is 5.34. The van der Waals surface area contributed by atoms with Crippen LogP contribution in [0.4, 0.5) is 0 Å². The molecule has 2 atom stereocenters. The van der Waals surface area contributed by atoms with Crippen LogP contribution in [0.15, 0.2) is 12.1 Å². The minimum Gasteiger partial charge on any atom is -0.354 e. The molecule has 2 aliphatic heterocycles. The van der Waals surface area contributed by atoms with Crippen molar-refractivity contribution in [3.8, 4) is 0 Å². The Hall–Kier alpha value is -1.55. The van der Waals surface area contributed by atoms with Gasteiger partial charge < -0.3 is 10.2 Å². The number of carbonyl (C=O) groups excluding carboxylic acids is 2. The van der Waals surface area contributed by atoms with Crippen molar-refractivity contribution < 1.29 is 9.59 Å². The van der Waals surface area contributed by atoms with E-state index in [9.17, 15) is 9.59 Å². The highest BCUT2D eigenvalue weighted by molar-refractivity contribution is 6.31. The fourth-order valence-corrected chi connectivity index (χ4v) is 3.59. The molecule has 2 heterocycles. The van der Waals surface area contributed by atoms with E-state index in [1.165, 1.54) is 0 Å². The van der Waals surface area contributed by atoms with E-state index in [4.69, 9.17) is 11.6 Å². The van der Waals surface area contributed by atoms with Crippen LogP contribution in [0.3, 0.4) is 0 Å². The monoisotopic (exact) mass is 306 g/mol. The van der Waals surface area contributed by atoms with Gasteiger partial charge in [0, 0.05) is 23.7 Å². The summed E-state index contributed by atoms with van der Waals surface area (Å²) in [4.78, 5) is 26.6. The first kappa shape index (κ1) is 14.4. The van der Waals surface area contributed by atoms with Crippen LogP contribution in [0.5, 0.6) is 0 Å². The molecule has 1 aromatic carbocycles. The van der Waals surface area contributed by atoms with Gasteiger partial charge in [-0.1, -0.05) is 11.6 Å². The van der Waals surface area contributed by atoms with E-state index in [2.05, 4.69) is 5.32 Å². The number of benzene rings is 1. The van der Waals surface area contributed by atoms with E-state index in [0.29, 0.717) is 17.1 Å². The molecular formula is C16H19ClN2O2. The number of halogens is 1. The summed E-state index contributed by atoms with van der Waals surface area (Å²) in [6.07, 6.45) is 1.75. The summed E-state index contributed by atoms with van der Waals surface area (Å²) in [6.45, 7) is 5.09. The summed E-state index contributed by atoms with van der Waals surface area (Å²) < 4.78 is 0. The van der Waals surface area contributed by atoms with Crippen LogP contribution in [-0.2, 0) is 4.79 Å². The van der Waals surface area contributed by atoms with Crippen LogP contribution in [0.1, 0.15) is 34.3 Å². The summed E-state index contributed by atoms with van der Waals surface area (Å²) >= 11 is 6.11. The van der Waals surface area contributed by atoms with E-state index in [-0.39, 0.29) is 23.8 Å². The smallest absolute Gasteiger partial charge is 0.254 e. The van der Waals surface area contributed by atoms with Crippen LogP contribution >= 0.6 is 11.6 Å². The number of nitrogens with one attached hydrogen (secondary N) is 1. The van der Waals surface area contributed by atoms with Crippen molar-refractivity contribution in [2.45, 2.75) is 32.7 Å². The standard InChI is InChI=1S/C16H19ClN2O2/c1-9-7-13(17)10(2)6-12(9)16(21)19-5-3-4-11-14(19)8-18-15(11)20/h6-7,11,14H,3-5,8H2,1-2H3,(H,18,20)/t11-,14-/m1/s1. The number of aryl methyl sites for hydroxylation is 2. The van der Waals surface area contributed by atoms with E-state index < -0.39 is 0 Å². The molecule has 0 saturated carbocycles. The Labute approximate surface area is 129 Å². The molecule has 0 aromatic heterocycles. The second-order valence-corrected chi connectivity index (χ2v) is 6.38. The number of likely N-dealkylation sites (tertiary alicyclic amines) is 1. The first-order chi connectivity index (χ1) is 9.99. The number of fused-ring (bicyclic) bond motifs is 1. The summed E-state index contributed by atoms with van der Waals surface area (Å²) in [6, 6.07) is 3.69. The van der Waals surface area contributed by atoms with Gasteiger partial charge in [0.05, 0.1) is 12.0 Å². The minimum absolute atomic E-state index is 0.00543. The number of carbonyl (C=O) groups is 2. The zero-order valence-corrected chi connectivity index (χ0v) is 13.0. The Morgan fingerprint density at radius 3 is 2.86 bits per heavy atom. The molecule has 0 spiro atoms. The molecule has 1 aromatic rings. The van der Waals surface area contributed by atoms with E-state index in [1.807, 2.05) is 30.9 Å². The molecule has 2 amide bonds. The average Bonchev–Trinajstić information content (AvgIpc) is 2.84. The first-order valence-electron chi connectivity index (χ1n) is 7.34. The predicted molar refractivity (Wildman–Crippen MR) is 81.5 cm³/mol. The summed E-state index contributed by atoms with van der Waals surface area (Å²) in [7, 11) is 0. The molecular weight excluding hydrogens is 288 g/mol. The fraction of sp³-hybridized carbons (Fsp3) is 0.500. The molecule has 1 N–H and O–H groups in total. The fourth-order valence-electron chi connectivity index (χ4n) is 3.37. The Bertz CT molecular complexity index is 615. The average molecular weight is 307 g/mol. The van der Waals surface area contributed by atoms with Crippen LogP contribution < -0.4 is 5.32 Å². The summed E-state index contributed by atoms with van der Waals surface area (Å²) in [5, 5.41) is 3.56. The van der Waals surface area contributed by atoms with Crippen molar-refractivity contribution in [1.82, 2.24) is 10.2 Å². The lowest BCUT2D eigenvalue weighted by atomic mass is 9.90. The van der Waals surface area contributed by atoms with Crippen molar-refractivity contribution in [1.29, 1.82) is 0 Å². The van der Waals surface area contributed by atoms with Gasteiger partial charge in [-0.15, -0.1) is 0 Å². The number of piperidine rings is 1. The number of hydrogen-bond acceptors (Lipinski definition) is 2. The molecule has 0 aliphatic carbocycles. The van der Waals surface area contributed by atoms with Crippen LogP contribution in [-0.4, -0.2) is 35.8 Å². The number of amides is 2. The summed E-state index contributed by atoms with van der Waals surface area (Å²) in [5.74, 6) is 0.0522. The maximum Gasteiger partial charge on any atom is 0.254 e. The van der Waals surface area contributed by atoms with Crippen molar-refractivity contribution in [3.63, 3.8) is 0 Å². The van der Waals surface area contributed by atoms with Gasteiger partial charge in [0.25, 0.3) is 5.91 Å². The van der Waals surface area contributed by atoms with Crippen molar-refractivity contribution >= 4 is 23.4 Å². The number of nitrogens with zero attached hydrogens (tertiary/aromatic N) is 1. The molecule has 2 fully saturated rings. The highest BCUT2D eigenvalue weighted by Gasteiger charge is 2.42. The van der Waals surface area contributed by atoms with Gasteiger partial charge in [-0.05, 0) is 49.9 Å². The zero-order valence-electron chi connectivity index (χ0n) is 12.3. The maximum atomic E-state index is 12.9. The Morgan fingerprint density at radius 1 is 1.33 bits per heavy atom. The van der Waals surface area contributed by atoms with Gasteiger partial charge in [0.1, 0.15) is 0 Å². The molecule has 4 nitrogen and oxygen atoms in total. The molecule has 3 rings (SSSR count). The Morgan fingerprint density at radius 2 is 2.10 bits per heavy atom. The normalized spacial score (nSPS) is 24.7. The molecule has 112 valence electrons. The molecule has 2 aliphatic rings. The third-order valence-corrected chi connectivity index (χ3v) is 5.01. The Balaban J connectivity index is 1.91. The maximum absolute atomic E-state index is 12.9. The van der Waals surface area contributed by atoms with Gasteiger partial charge in [-0.3, -0.25) is 9.59 Å². The molecule has 0 radical (unpaired) electrons. The largest absolute Gasteiger partial charge is 0.354 e. The predicted octanol–water partition coefficient (Wildman–Crippen LogP) is 2.31. The van der Waals surface area contributed by atoms with Gasteiger partial charge in [0.2, 0.25) is 5.91 Å². The van der Waals surface area contributed by atoms with Crippen LogP contribution in [0.25, 0.3) is 0 Å². The van der Waals surface area contributed by atoms with Crippen LogP contribution in [0.2, 0.25) is 5.02 Å². The lowest BCUT2D eigenvalue weighted by molar-refractivity contribution is -0.123. The lowest BCUT2D eigenvalue weighted by Crippen LogP contribution is -2.48. The van der Waals surface area contributed by atoms with Gasteiger partial charge in [0.15, 0.2) is 0 Å². The van der Waals surface area contributed by atoms with Crippen molar-refractivity contribution in [2.24, 2.45) is 5.92 Å². The molecule has 21 heavy (non-hydrogen) atoms. The third-order valence-electron chi connectivity index (χ3n) is 4.60. The quantitative estimate of drug-likeness (QED) is 0.865. The van der Waals surface area contributed by atoms with E-state index >= 15 is 0 Å². The molecule has 5 heteroatoms. The highest BCUT2D eigenvalue weighted by Crippen LogP contribution is 2.30.